The summed E-state index contributed by atoms with van der Waals surface area (Å²) in [5, 5.41) is 2.81. The number of nitrogens with zero attached hydrogens (tertiary/aromatic N) is 4. The van der Waals surface area contributed by atoms with Crippen LogP contribution in [0.2, 0.25) is 0 Å². The Morgan fingerprint density at radius 3 is 2.73 bits per heavy atom. The summed E-state index contributed by atoms with van der Waals surface area (Å²) in [7, 11) is 0. The number of ether oxygens (including phenoxy) is 1. The SMILES string of the molecule is CCOc1ccccc1NC(=O)Cn1c(C)nc2c(-c3ccncc3)nsc2c1=O. The monoisotopic (exact) mass is 421 g/mol. The average Bonchev–Trinajstić information content (AvgIpc) is 3.17. The van der Waals surface area contributed by atoms with Gasteiger partial charge in [0.05, 0.1) is 12.3 Å². The molecule has 0 saturated heterocycles. The van der Waals surface area contributed by atoms with Crippen LogP contribution < -0.4 is 15.6 Å². The molecule has 4 rings (SSSR count). The van der Waals surface area contributed by atoms with Gasteiger partial charge in [-0.05, 0) is 49.6 Å². The van der Waals surface area contributed by atoms with Crippen molar-refractivity contribution < 1.29 is 9.53 Å². The Kier molecular flexibility index (Phi) is 5.53. The van der Waals surface area contributed by atoms with E-state index in [0.717, 1.165) is 17.1 Å². The normalized spacial score (nSPS) is 10.9. The zero-order valence-corrected chi connectivity index (χ0v) is 17.3. The predicted molar refractivity (Wildman–Crippen MR) is 116 cm³/mol. The zero-order valence-electron chi connectivity index (χ0n) is 16.5. The lowest BCUT2D eigenvalue weighted by Gasteiger charge is -2.13. The average molecular weight is 421 g/mol. The molecule has 0 aliphatic heterocycles. The smallest absolute Gasteiger partial charge is 0.273 e. The lowest BCUT2D eigenvalue weighted by atomic mass is 10.2. The Bertz CT molecular complexity index is 1270. The zero-order chi connectivity index (χ0) is 21.1. The van der Waals surface area contributed by atoms with Crippen molar-refractivity contribution >= 4 is 33.3 Å². The minimum Gasteiger partial charge on any atom is -0.492 e. The van der Waals surface area contributed by atoms with Crippen molar-refractivity contribution in [3.05, 3.63) is 65.0 Å². The number of hydrogen-bond acceptors (Lipinski definition) is 7. The predicted octanol–water partition coefficient (Wildman–Crippen LogP) is 3.26. The van der Waals surface area contributed by atoms with Crippen LogP contribution in [0.4, 0.5) is 5.69 Å². The first-order valence-electron chi connectivity index (χ1n) is 9.37. The number of aryl methyl sites for hydroxylation is 1. The van der Waals surface area contributed by atoms with Crippen molar-refractivity contribution in [2.45, 2.75) is 20.4 Å². The second-order valence-electron chi connectivity index (χ2n) is 6.47. The fourth-order valence-corrected chi connectivity index (χ4v) is 3.88. The highest BCUT2D eigenvalue weighted by Gasteiger charge is 2.18. The molecule has 0 fully saturated rings. The molecule has 4 aromatic rings. The molecule has 9 heteroatoms. The summed E-state index contributed by atoms with van der Waals surface area (Å²) in [4.78, 5) is 34.2. The van der Waals surface area contributed by atoms with E-state index in [0.29, 0.717) is 39.8 Å². The second-order valence-corrected chi connectivity index (χ2v) is 7.25. The van der Waals surface area contributed by atoms with E-state index in [-0.39, 0.29) is 18.0 Å². The van der Waals surface area contributed by atoms with Crippen molar-refractivity contribution in [2.24, 2.45) is 0 Å². The quantitative estimate of drug-likeness (QED) is 0.513. The number of amides is 1. The van der Waals surface area contributed by atoms with Gasteiger partial charge >= 0.3 is 0 Å². The Labute approximate surface area is 176 Å². The number of carbonyl (C=O) groups excluding carboxylic acids is 1. The van der Waals surface area contributed by atoms with Gasteiger partial charge in [0.25, 0.3) is 5.56 Å². The number of benzene rings is 1. The van der Waals surface area contributed by atoms with E-state index in [2.05, 4.69) is 19.7 Å². The summed E-state index contributed by atoms with van der Waals surface area (Å²) in [6, 6.07) is 10.8. The highest BCUT2D eigenvalue weighted by Crippen LogP contribution is 2.27. The molecule has 0 spiro atoms. The summed E-state index contributed by atoms with van der Waals surface area (Å²) < 4.78 is 11.7. The van der Waals surface area contributed by atoms with Crippen molar-refractivity contribution in [3.63, 3.8) is 0 Å². The van der Waals surface area contributed by atoms with E-state index in [1.807, 2.05) is 25.1 Å². The van der Waals surface area contributed by atoms with E-state index in [1.165, 1.54) is 4.57 Å². The topological polar surface area (TPSA) is 99.0 Å². The number of anilines is 1. The molecule has 3 aromatic heterocycles. The molecule has 30 heavy (non-hydrogen) atoms. The molecule has 152 valence electrons. The Balaban J connectivity index is 1.64. The lowest BCUT2D eigenvalue weighted by molar-refractivity contribution is -0.116. The van der Waals surface area contributed by atoms with Gasteiger partial charge in [-0.1, -0.05) is 12.1 Å². The first-order chi connectivity index (χ1) is 14.6. The summed E-state index contributed by atoms with van der Waals surface area (Å²) in [6.07, 6.45) is 3.33. The van der Waals surface area contributed by atoms with E-state index in [1.54, 1.807) is 37.5 Å². The molecular formula is C21H19N5O3S. The van der Waals surface area contributed by atoms with E-state index >= 15 is 0 Å². The number of carbonyl (C=O) groups is 1. The Hall–Kier alpha value is -3.59. The number of para-hydroxylation sites is 2. The van der Waals surface area contributed by atoms with Crippen LogP contribution in [0.15, 0.2) is 53.6 Å². The van der Waals surface area contributed by atoms with Gasteiger partial charge in [0, 0.05) is 18.0 Å². The van der Waals surface area contributed by atoms with Crippen LogP contribution in [-0.4, -0.2) is 31.4 Å². The van der Waals surface area contributed by atoms with Gasteiger partial charge in [0.15, 0.2) is 0 Å². The largest absolute Gasteiger partial charge is 0.492 e. The van der Waals surface area contributed by atoms with Crippen molar-refractivity contribution in [1.29, 1.82) is 0 Å². The van der Waals surface area contributed by atoms with E-state index in [4.69, 9.17) is 4.74 Å². The molecule has 0 aliphatic rings. The van der Waals surface area contributed by atoms with Crippen molar-refractivity contribution in [1.82, 2.24) is 18.9 Å². The van der Waals surface area contributed by atoms with Crippen LogP contribution in [0.25, 0.3) is 21.5 Å². The van der Waals surface area contributed by atoms with Gasteiger partial charge in [0.1, 0.15) is 34.0 Å². The number of aromatic nitrogens is 4. The lowest BCUT2D eigenvalue weighted by Crippen LogP contribution is -2.29. The number of pyridine rings is 1. The van der Waals surface area contributed by atoms with Crippen molar-refractivity contribution in [2.75, 3.05) is 11.9 Å². The van der Waals surface area contributed by atoms with Crippen LogP contribution in [0, 0.1) is 6.92 Å². The first-order valence-corrected chi connectivity index (χ1v) is 10.1. The van der Waals surface area contributed by atoms with Gasteiger partial charge in [-0.15, -0.1) is 0 Å². The maximum absolute atomic E-state index is 13.0. The molecule has 8 nitrogen and oxygen atoms in total. The fraction of sp³-hybridized carbons (Fsp3) is 0.190. The van der Waals surface area contributed by atoms with Crippen LogP contribution >= 0.6 is 11.5 Å². The van der Waals surface area contributed by atoms with Gasteiger partial charge in [0.2, 0.25) is 5.91 Å². The molecular weight excluding hydrogens is 402 g/mol. The van der Waals surface area contributed by atoms with E-state index in [9.17, 15) is 9.59 Å². The van der Waals surface area contributed by atoms with Crippen molar-refractivity contribution in [3.8, 4) is 17.0 Å². The van der Waals surface area contributed by atoms with Crippen LogP contribution in [0.3, 0.4) is 0 Å². The molecule has 0 aliphatic carbocycles. The number of nitrogens with one attached hydrogen (secondary N) is 1. The van der Waals surface area contributed by atoms with Gasteiger partial charge in [-0.3, -0.25) is 19.1 Å². The van der Waals surface area contributed by atoms with Crippen LogP contribution in [0.1, 0.15) is 12.7 Å². The second kappa shape index (κ2) is 8.42. The molecule has 0 unspecified atom stereocenters. The fourth-order valence-electron chi connectivity index (χ4n) is 3.09. The number of rotatable bonds is 6. The highest BCUT2D eigenvalue weighted by atomic mass is 32.1. The van der Waals surface area contributed by atoms with Gasteiger partial charge in [-0.25, -0.2) is 4.98 Å². The Morgan fingerprint density at radius 1 is 1.20 bits per heavy atom. The number of hydrogen-bond donors (Lipinski definition) is 1. The third kappa shape index (κ3) is 3.79. The van der Waals surface area contributed by atoms with Gasteiger partial charge < -0.3 is 10.1 Å². The summed E-state index contributed by atoms with van der Waals surface area (Å²) in [5.41, 5.74) is 2.28. The minimum absolute atomic E-state index is 0.156. The summed E-state index contributed by atoms with van der Waals surface area (Å²) in [6.45, 7) is 3.90. The molecule has 1 aromatic carbocycles. The molecule has 1 N–H and O–H groups in total. The first kappa shape index (κ1) is 19.7. The van der Waals surface area contributed by atoms with Crippen LogP contribution in [0.5, 0.6) is 5.75 Å². The van der Waals surface area contributed by atoms with Gasteiger partial charge in [-0.2, -0.15) is 4.37 Å². The molecule has 0 saturated carbocycles. The maximum atomic E-state index is 13.0. The highest BCUT2D eigenvalue weighted by molar-refractivity contribution is 7.13. The summed E-state index contributed by atoms with van der Waals surface area (Å²) in [5.74, 6) is 0.680. The van der Waals surface area contributed by atoms with Crippen LogP contribution in [-0.2, 0) is 11.3 Å². The minimum atomic E-state index is -0.340. The molecule has 1 amide bonds. The third-order valence-corrected chi connectivity index (χ3v) is 5.31. The summed E-state index contributed by atoms with van der Waals surface area (Å²) >= 11 is 1.08. The molecule has 0 atom stereocenters. The third-order valence-electron chi connectivity index (χ3n) is 4.49. The molecule has 3 heterocycles. The maximum Gasteiger partial charge on any atom is 0.273 e. The van der Waals surface area contributed by atoms with E-state index < -0.39 is 0 Å². The molecule has 0 radical (unpaired) electrons. The standard InChI is InChI=1S/C21H19N5O3S/c1-3-29-16-7-5-4-6-15(16)24-17(27)12-26-13(2)23-19-18(14-8-10-22-11-9-14)25-30-20(19)21(26)28/h4-11H,3,12H2,1-2H3,(H,24,27). The Morgan fingerprint density at radius 2 is 1.97 bits per heavy atom. The number of fused-ring (bicyclic) bond motifs is 1. The molecule has 0 bridgehead atoms.